The smallest absolute Gasteiger partial charge is 0.302 e. The second-order valence-electron chi connectivity index (χ2n) is 12.0. The Morgan fingerprint density at radius 1 is 0.794 bits per heavy atom. The SMILES string of the molecule is CC(=O)OCCOC=CCc1cc(CO[Si](C)(C)C(C)(C)C)cc(CO[Si](C)(C)C(C)(C)C)c1. The van der Waals surface area contributed by atoms with Crippen molar-refractivity contribution < 1.29 is 23.1 Å². The number of ether oxygens (including phenoxy) is 2. The van der Waals surface area contributed by atoms with Crippen molar-refractivity contribution in [1.82, 2.24) is 0 Å². The first-order valence-electron chi connectivity index (χ1n) is 12.2. The predicted octanol–water partition coefficient (Wildman–Crippen LogP) is 7.37. The number of benzene rings is 1. The van der Waals surface area contributed by atoms with Gasteiger partial charge >= 0.3 is 5.97 Å². The zero-order valence-electron chi connectivity index (χ0n) is 23.5. The van der Waals surface area contributed by atoms with Gasteiger partial charge in [-0.1, -0.05) is 59.7 Å². The van der Waals surface area contributed by atoms with E-state index >= 15 is 0 Å². The molecule has 0 amide bonds. The molecule has 1 rings (SSSR count). The van der Waals surface area contributed by atoms with Crippen molar-refractivity contribution in [3.63, 3.8) is 0 Å². The lowest BCUT2D eigenvalue weighted by atomic mass is 10.0. The summed E-state index contributed by atoms with van der Waals surface area (Å²) >= 11 is 0. The topological polar surface area (TPSA) is 54.0 Å². The van der Waals surface area contributed by atoms with Crippen molar-refractivity contribution in [3.05, 3.63) is 47.2 Å². The first kappa shape index (κ1) is 30.6. The quantitative estimate of drug-likeness (QED) is 0.128. The van der Waals surface area contributed by atoms with Crippen molar-refractivity contribution in [2.24, 2.45) is 0 Å². The summed E-state index contributed by atoms with van der Waals surface area (Å²) in [6, 6.07) is 6.65. The summed E-state index contributed by atoms with van der Waals surface area (Å²) in [5.41, 5.74) is 3.56. The van der Waals surface area contributed by atoms with E-state index in [-0.39, 0.29) is 22.7 Å². The molecule has 0 aliphatic carbocycles. The molecular formula is C27H48O5Si2. The normalized spacial score (nSPS) is 13.4. The van der Waals surface area contributed by atoms with Crippen molar-refractivity contribution in [2.75, 3.05) is 13.2 Å². The second kappa shape index (κ2) is 12.5. The Morgan fingerprint density at radius 2 is 1.24 bits per heavy atom. The summed E-state index contributed by atoms with van der Waals surface area (Å²) in [5.74, 6) is -0.295. The molecule has 0 aromatic heterocycles. The maximum atomic E-state index is 10.8. The van der Waals surface area contributed by atoms with Crippen LogP contribution in [0.15, 0.2) is 30.5 Å². The van der Waals surface area contributed by atoms with Crippen molar-refractivity contribution in [1.29, 1.82) is 0 Å². The number of allylic oxidation sites excluding steroid dienone is 1. The molecule has 0 heterocycles. The minimum absolute atomic E-state index is 0.172. The fourth-order valence-electron chi connectivity index (χ4n) is 2.64. The first-order valence-corrected chi connectivity index (χ1v) is 18.1. The molecule has 0 spiro atoms. The largest absolute Gasteiger partial charge is 0.498 e. The molecular weight excluding hydrogens is 460 g/mol. The first-order chi connectivity index (χ1) is 15.4. The van der Waals surface area contributed by atoms with Crippen LogP contribution in [0.25, 0.3) is 0 Å². The molecule has 1 aromatic carbocycles. The van der Waals surface area contributed by atoms with E-state index < -0.39 is 16.6 Å². The number of hydrogen-bond acceptors (Lipinski definition) is 5. The van der Waals surface area contributed by atoms with Crippen LogP contribution in [-0.2, 0) is 42.8 Å². The third-order valence-electron chi connectivity index (χ3n) is 6.98. The van der Waals surface area contributed by atoms with E-state index in [2.05, 4.69) is 85.9 Å². The molecule has 0 radical (unpaired) electrons. The van der Waals surface area contributed by atoms with E-state index in [1.165, 1.54) is 23.6 Å². The van der Waals surface area contributed by atoms with Gasteiger partial charge in [-0.25, -0.2) is 0 Å². The zero-order valence-corrected chi connectivity index (χ0v) is 25.5. The van der Waals surface area contributed by atoms with Gasteiger partial charge in [0.1, 0.15) is 13.2 Å². The molecule has 34 heavy (non-hydrogen) atoms. The predicted molar refractivity (Wildman–Crippen MR) is 146 cm³/mol. The maximum Gasteiger partial charge on any atom is 0.302 e. The number of esters is 1. The molecule has 0 atom stereocenters. The van der Waals surface area contributed by atoms with Crippen LogP contribution in [0.4, 0.5) is 0 Å². The maximum absolute atomic E-state index is 10.8. The average molecular weight is 509 g/mol. The van der Waals surface area contributed by atoms with Crippen LogP contribution >= 0.6 is 0 Å². The van der Waals surface area contributed by atoms with E-state index in [4.69, 9.17) is 18.3 Å². The highest BCUT2D eigenvalue weighted by Crippen LogP contribution is 2.38. The Hall–Kier alpha value is -1.42. The summed E-state index contributed by atoms with van der Waals surface area (Å²) in [6.07, 6.45) is 4.41. The van der Waals surface area contributed by atoms with E-state index in [0.717, 1.165) is 6.42 Å². The van der Waals surface area contributed by atoms with Gasteiger partial charge in [-0.15, -0.1) is 0 Å². The highest BCUT2D eigenvalue weighted by atomic mass is 28.4. The molecule has 0 unspecified atom stereocenters. The Morgan fingerprint density at radius 3 is 1.65 bits per heavy atom. The molecule has 7 heteroatoms. The highest BCUT2D eigenvalue weighted by molar-refractivity contribution is 6.74. The molecule has 0 fully saturated rings. The van der Waals surface area contributed by atoms with Gasteiger partial charge in [-0.05, 0) is 65.5 Å². The fraction of sp³-hybridized carbons (Fsp3) is 0.667. The second-order valence-corrected chi connectivity index (χ2v) is 21.7. The van der Waals surface area contributed by atoms with E-state index in [1.54, 1.807) is 6.26 Å². The van der Waals surface area contributed by atoms with Gasteiger partial charge in [0.2, 0.25) is 0 Å². The molecule has 0 bridgehead atoms. The van der Waals surface area contributed by atoms with Crippen LogP contribution < -0.4 is 0 Å². The lowest BCUT2D eigenvalue weighted by Gasteiger charge is -2.36. The Bertz CT molecular complexity index is 769. The standard InChI is InChI=1S/C27H48O5Si2/c1-22(28)30-16-15-29-14-12-13-23-17-24(20-31-33(8,9)26(2,3)4)19-25(18-23)21-32-34(10,11)27(5,6)7/h12,14,17-19H,13,15-16,20-21H2,1-11H3. The van der Waals surface area contributed by atoms with Gasteiger partial charge in [-0.2, -0.15) is 0 Å². The monoisotopic (exact) mass is 508 g/mol. The lowest BCUT2D eigenvalue weighted by Crippen LogP contribution is -2.40. The number of carbonyl (C=O) groups is 1. The molecule has 194 valence electrons. The van der Waals surface area contributed by atoms with Crippen LogP contribution in [0, 0.1) is 0 Å². The average Bonchev–Trinajstić information content (AvgIpc) is 2.68. The summed E-state index contributed by atoms with van der Waals surface area (Å²) in [5, 5.41) is 0.343. The fourth-order valence-corrected chi connectivity index (χ4v) is 4.56. The van der Waals surface area contributed by atoms with Crippen LogP contribution in [0.5, 0.6) is 0 Å². The van der Waals surface area contributed by atoms with Crippen molar-refractivity contribution >= 4 is 22.6 Å². The molecule has 0 aliphatic rings. The molecule has 0 aliphatic heterocycles. The summed E-state index contributed by atoms with van der Waals surface area (Å²) in [4.78, 5) is 10.8. The number of carbonyl (C=O) groups excluding carboxylic acids is 1. The van der Waals surface area contributed by atoms with E-state index in [1.807, 2.05) is 6.08 Å². The Kier molecular flexibility index (Phi) is 11.3. The molecule has 0 saturated heterocycles. The van der Waals surface area contributed by atoms with Gasteiger partial charge in [0.25, 0.3) is 0 Å². The third-order valence-corrected chi connectivity index (χ3v) is 15.9. The minimum atomic E-state index is -1.84. The summed E-state index contributed by atoms with van der Waals surface area (Å²) < 4.78 is 23.3. The number of hydrogen-bond donors (Lipinski definition) is 0. The minimum Gasteiger partial charge on any atom is -0.498 e. The Labute approximate surface area is 210 Å². The van der Waals surface area contributed by atoms with E-state index in [9.17, 15) is 4.79 Å². The van der Waals surface area contributed by atoms with Gasteiger partial charge in [0.05, 0.1) is 19.5 Å². The van der Waals surface area contributed by atoms with E-state index in [0.29, 0.717) is 19.8 Å². The zero-order chi connectivity index (χ0) is 26.2. The van der Waals surface area contributed by atoms with Crippen molar-refractivity contribution in [3.8, 4) is 0 Å². The van der Waals surface area contributed by atoms with Gasteiger partial charge in [-0.3, -0.25) is 4.79 Å². The van der Waals surface area contributed by atoms with Crippen LogP contribution in [0.3, 0.4) is 0 Å². The summed E-state index contributed by atoms with van der Waals surface area (Å²) in [7, 11) is -3.68. The lowest BCUT2D eigenvalue weighted by molar-refractivity contribution is -0.141. The van der Waals surface area contributed by atoms with Gasteiger partial charge in [0, 0.05) is 6.92 Å². The highest BCUT2D eigenvalue weighted by Gasteiger charge is 2.38. The number of rotatable bonds is 12. The van der Waals surface area contributed by atoms with Crippen LogP contribution in [0.1, 0.15) is 65.2 Å². The Balaban J connectivity index is 2.95. The summed E-state index contributed by atoms with van der Waals surface area (Å²) in [6.45, 7) is 26.0. The van der Waals surface area contributed by atoms with Crippen LogP contribution in [0.2, 0.25) is 36.3 Å². The third kappa shape index (κ3) is 10.5. The molecule has 1 aromatic rings. The van der Waals surface area contributed by atoms with Gasteiger partial charge < -0.3 is 18.3 Å². The molecule has 0 saturated carbocycles. The van der Waals surface area contributed by atoms with Gasteiger partial charge in [0.15, 0.2) is 16.6 Å². The molecule has 5 nitrogen and oxygen atoms in total. The van der Waals surface area contributed by atoms with Crippen LogP contribution in [-0.4, -0.2) is 35.8 Å². The van der Waals surface area contributed by atoms with Crippen molar-refractivity contribution in [2.45, 2.75) is 104 Å². The molecule has 0 N–H and O–H groups in total.